The van der Waals surface area contributed by atoms with Gasteiger partial charge < -0.3 is 4.74 Å². The molecule has 0 bridgehead atoms. The largest absolute Gasteiger partial charge is 0.443 e. The number of carbonyl (C=O) groups is 1. The average molecular weight is 277 g/mol. The third kappa shape index (κ3) is 3.53. The molecule has 112 valence electrons. The van der Waals surface area contributed by atoms with E-state index < -0.39 is 5.60 Å². The van der Waals surface area contributed by atoms with Crippen LogP contribution in [-0.2, 0) is 9.53 Å². The average Bonchev–Trinajstić information content (AvgIpc) is 2.48. The minimum Gasteiger partial charge on any atom is -0.443 e. The number of carbonyl (C=O) groups excluding carboxylic acids is 1. The number of esters is 1. The van der Waals surface area contributed by atoms with Gasteiger partial charge in [0.25, 0.3) is 0 Å². The number of ether oxygens (including phenoxy) is 1. The Kier molecular flexibility index (Phi) is 5.07. The molecule has 0 unspecified atom stereocenters. The second-order valence-electron chi connectivity index (χ2n) is 6.92. The summed E-state index contributed by atoms with van der Waals surface area (Å²) in [6.45, 7) is 3.64. The maximum Gasteiger partial charge on any atom is 0.309 e. The SMILES string of the molecule is CC(C)C(=O)OC1(C#N)CCC(C2CCCCC2)CC1. The number of nitrogens with zero attached hydrogens (tertiary/aromatic N) is 1. The lowest BCUT2D eigenvalue weighted by Gasteiger charge is -2.39. The van der Waals surface area contributed by atoms with Gasteiger partial charge in [-0.1, -0.05) is 46.0 Å². The molecule has 3 heteroatoms. The lowest BCUT2D eigenvalue weighted by molar-refractivity contribution is -0.162. The van der Waals surface area contributed by atoms with Gasteiger partial charge in [-0.15, -0.1) is 0 Å². The van der Waals surface area contributed by atoms with E-state index in [1.165, 1.54) is 32.1 Å². The van der Waals surface area contributed by atoms with E-state index in [0.717, 1.165) is 37.5 Å². The van der Waals surface area contributed by atoms with E-state index in [1.807, 2.05) is 13.8 Å². The number of nitriles is 1. The van der Waals surface area contributed by atoms with Crippen LogP contribution in [0.5, 0.6) is 0 Å². The fourth-order valence-electron chi connectivity index (χ4n) is 3.73. The van der Waals surface area contributed by atoms with E-state index in [-0.39, 0.29) is 11.9 Å². The van der Waals surface area contributed by atoms with Crippen molar-refractivity contribution in [1.82, 2.24) is 0 Å². The van der Waals surface area contributed by atoms with E-state index in [0.29, 0.717) is 0 Å². The van der Waals surface area contributed by atoms with Gasteiger partial charge in [-0.25, -0.2) is 0 Å². The van der Waals surface area contributed by atoms with Crippen molar-refractivity contribution in [2.24, 2.45) is 17.8 Å². The van der Waals surface area contributed by atoms with Gasteiger partial charge in [0.2, 0.25) is 0 Å². The van der Waals surface area contributed by atoms with Gasteiger partial charge in [-0.2, -0.15) is 5.26 Å². The summed E-state index contributed by atoms with van der Waals surface area (Å²) in [7, 11) is 0. The van der Waals surface area contributed by atoms with Crippen LogP contribution in [0.1, 0.15) is 71.6 Å². The summed E-state index contributed by atoms with van der Waals surface area (Å²) in [6, 6.07) is 2.28. The van der Waals surface area contributed by atoms with Gasteiger partial charge in [-0.05, 0) is 24.7 Å². The Bertz CT molecular complexity index is 369. The van der Waals surface area contributed by atoms with Crippen molar-refractivity contribution in [2.45, 2.75) is 77.2 Å². The molecule has 2 fully saturated rings. The Morgan fingerprint density at radius 3 is 2.15 bits per heavy atom. The molecule has 0 spiro atoms. The van der Waals surface area contributed by atoms with E-state index in [9.17, 15) is 10.1 Å². The molecule has 2 aliphatic rings. The summed E-state index contributed by atoms with van der Waals surface area (Å²) in [5, 5.41) is 9.44. The van der Waals surface area contributed by atoms with E-state index in [4.69, 9.17) is 4.74 Å². The van der Waals surface area contributed by atoms with Crippen molar-refractivity contribution in [2.75, 3.05) is 0 Å². The van der Waals surface area contributed by atoms with Crippen LogP contribution < -0.4 is 0 Å². The highest BCUT2D eigenvalue weighted by Gasteiger charge is 2.41. The molecule has 0 atom stereocenters. The van der Waals surface area contributed by atoms with Crippen molar-refractivity contribution in [3.8, 4) is 6.07 Å². The topological polar surface area (TPSA) is 50.1 Å². The predicted octanol–water partition coefficient (Wildman–Crippen LogP) is 4.22. The Hall–Kier alpha value is -1.04. The summed E-state index contributed by atoms with van der Waals surface area (Å²) in [5.74, 6) is 1.20. The molecule has 0 radical (unpaired) electrons. The fourth-order valence-corrected chi connectivity index (χ4v) is 3.73. The molecule has 0 amide bonds. The van der Waals surface area contributed by atoms with Crippen LogP contribution in [0.15, 0.2) is 0 Å². The third-order valence-electron chi connectivity index (χ3n) is 5.13. The summed E-state index contributed by atoms with van der Waals surface area (Å²) < 4.78 is 5.53. The molecule has 20 heavy (non-hydrogen) atoms. The highest BCUT2D eigenvalue weighted by molar-refractivity contribution is 5.72. The van der Waals surface area contributed by atoms with E-state index in [2.05, 4.69) is 6.07 Å². The van der Waals surface area contributed by atoms with Gasteiger partial charge in [-0.3, -0.25) is 4.79 Å². The van der Waals surface area contributed by atoms with Crippen LogP contribution in [0, 0.1) is 29.1 Å². The van der Waals surface area contributed by atoms with Crippen LogP contribution in [0.25, 0.3) is 0 Å². The minimum absolute atomic E-state index is 0.156. The van der Waals surface area contributed by atoms with E-state index in [1.54, 1.807) is 0 Å². The molecular weight excluding hydrogens is 250 g/mol. The second kappa shape index (κ2) is 6.61. The normalized spacial score (nSPS) is 31.8. The molecule has 2 rings (SSSR count). The quantitative estimate of drug-likeness (QED) is 0.726. The highest BCUT2D eigenvalue weighted by Crippen LogP contribution is 2.42. The number of hydrogen-bond donors (Lipinski definition) is 0. The molecule has 0 aromatic heterocycles. The zero-order chi connectivity index (χ0) is 14.6. The smallest absolute Gasteiger partial charge is 0.309 e. The molecule has 3 nitrogen and oxygen atoms in total. The van der Waals surface area contributed by atoms with Gasteiger partial charge in [0.05, 0.1) is 5.92 Å². The first-order valence-corrected chi connectivity index (χ1v) is 8.20. The third-order valence-corrected chi connectivity index (χ3v) is 5.13. The summed E-state index contributed by atoms with van der Waals surface area (Å²) in [4.78, 5) is 11.8. The molecule has 0 N–H and O–H groups in total. The zero-order valence-electron chi connectivity index (χ0n) is 12.9. The summed E-state index contributed by atoms with van der Waals surface area (Å²) in [6.07, 6.45) is 10.4. The Morgan fingerprint density at radius 1 is 1.10 bits per heavy atom. The van der Waals surface area contributed by atoms with Gasteiger partial charge in [0.15, 0.2) is 5.60 Å². The molecular formula is C17H27NO2. The molecule has 0 aliphatic heterocycles. The first-order chi connectivity index (χ1) is 9.56. The van der Waals surface area contributed by atoms with Crippen molar-refractivity contribution in [3.05, 3.63) is 0 Å². The minimum atomic E-state index is -0.841. The van der Waals surface area contributed by atoms with Gasteiger partial charge in [0.1, 0.15) is 6.07 Å². The molecule has 0 aromatic carbocycles. The van der Waals surface area contributed by atoms with Crippen LogP contribution >= 0.6 is 0 Å². The maximum atomic E-state index is 11.8. The standard InChI is InChI=1S/C17H27NO2/c1-13(2)16(19)20-17(12-18)10-8-15(9-11-17)14-6-4-3-5-7-14/h13-15H,3-11H2,1-2H3. The first-order valence-electron chi connectivity index (χ1n) is 8.20. The Labute approximate surface area is 122 Å². The Balaban J connectivity index is 1.90. The van der Waals surface area contributed by atoms with Crippen molar-refractivity contribution in [1.29, 1.82) is 5.26 Å². The number of rotatable bonds is 3. The molecule has 2 saturated carbocycles. The summed E-state index contributed by atoms with van der Waals surface area (Å²) in [5.41, 5.74) is -0.841. The number of hydrogen-bond acceptors (Lipinski definition) is 3. The maximum absolute atomic E-state index is 11.8. The van der Waals surface area contributed by atoms with Crippen molar-refractivity contribution < 1.29 is 9.53 Å². The zero-order valence-corrected chi connectivity index (χ0v) is 12.9. The fraction of sp³-hybridized carbons (Fsp3) is 0.882. The van der Waals surface area contributed by atoms with Crippen LogP contribution in [-0.4, -0.2) is 11.6 Å². The lowest BCUT2D eigenvalue weighted by atomic mass is 9.70. The highest BCUT2D eigenvalue weighted by atomic mass is 16.6. The van der Waals surface area contributed by atoms with E-state index >= 15 is 0 Å². The van der Waals surface area contributed by atoms with Crippen LogP contribution in [0.2, 0.25) is 0 Å². The summed E-state index contributed by atoms with van der Waals surface area (Å²) >= 11 is 0. The molecule has 2 aliphatic carbocycles. The lowest BCUT2D eigenvalue weighted by Crippen LogP contribution is -2.40. The van der Waals surface area contributed by atoms with Crippen molar-refractivity contribution >= 4 is 5.97 Å². The van der Waals surface area contributed by atoms with Crippen molar-refractivity contribution in [3.63, 3.8) is 0 Å². The monoisotopic (exact) mass is 277 g/mol. The molecule has 0 heterocycles. The van der Waals surface area contributed by atoms with Gasteiger partial charge in [0, 0.05) is 12.8 Å². The predicted molar refractivity (Wildman–Crippen MR) is 77.8 cm³/mol. The van der Waals surface area contributed by atoms with Crippen LogP contribution in [0.3, 0.4) is 0 Å². The molecule has 0 saturated heterocycles. The molecule has 0 aromatic rings. The second-order valence-corrected chi connectivity index (χ2v) is 6.92. The van der Waals surface area contributed by atoms with Crippen LogP contribution in [0.4, 0.5) is 0 Å². The van der Waals surface area contributed by atoms with Gasteiger partial charge >= 0.3 is 5.97 Å². The Morgan fingerprint density at radius 2 is 1.65 bits per heavy atom. The first kappa shape index (κ1) is 15.4.